The van der Waals surface area contributed by atoms with E-state index in [4.69, 9.17) is 0 Å². The Morgan fingerprint density at radius 2 is 1.94 bits per heavy atom. The Balaban J connectivity index is 2.29. The van der Waals surface area contributed by atoms with Crippen LogP contribution in [0.4, 0.5) is 0 Å². The summed E-state index contributed by atoms with van der Waals surface area (Å²) in [4.78, 5) is 0. The summed E-state index contributed by atoms with van der Waals surface area (Å²) in [6.45, 7) is 6.70. The van der Waals surface area contributed by atoms with E-state index in [1.54, 1.807) is 0 Å². The summed E-state index contributed by atoms with van der Waals surface area (Å²) >= 11 is 0. The van der Waals surface area contributed by atoms with Gasteiger partial charge < -0.3 is 0 Å². The molecule has 1 aromatic heterocycles. The molecule has 1 unspecified atom stereocenters. The lowest BCUT2D eigenvalue weighted by Crippen LogP contribution is -1.94. The average molecular weight is 222 g/mol. The van der Waals surface area contributed by atoms with Crippen molar-refractivity contribution in [3.8, 4) is 0 Å². The molecule has 0 fully saturated rings. The van der Waals surface area contributed by atoms with Crippen LogP contribution in [0.3, 0.4) is 0 Å². The molecule has 0 saturated carbocycles. The van der Waals surface area contributed by atoms with Crippen LogP contribution in [-0.2, 0) is 7.05 Å². The fraction of sp³-hybridized carbons (Fsp3) is 0.786. The minimum absolute atomic E-state index is 0.662. The number of rotatable bonds is 7. The maximum absolute atomic E-state index is 4.41. The predicted molar refractivity (Wildman–Crippen MR) is 69.7 cm³/mol. The third-order valence-electron chi connectivity index (χ3n) is 3.32. The Morgan fingerprint density at radius 3 is 2.50 bits per heavy atom. The smallest absolute Gasteiger partial charge is 0.0628 e. The van der Waals surface area contributed by atoms with E-state index >= 15 is 0 Å². The molecule has 0 aliphatic heterocycles. The molecular formula is C14H26N2. The number of hydrogen-bond acceptors (Lipinski definition) is 1. The molecular weight excluding hydrogens is 196 g/mol. The molecule has 0 bridgehead atoms. The van der Waals surface area contributed by atoms with Crippen molar-refractivity contribution in [1.29, 1.82) is 0 Å². The maximum Gasteiger partial charge on any atom is 0.0628 e. The van der Waals surface area contributed by atoms with Crippen molar-refractivity contribution in [2.75, 3.05) is 0 Å². The largest absolute Gasteiger partial charge is 0.275 e. The van der Waals surface area contributed by atoms with Gasteiger partial charge in [-0.2, -0.15) is 5.10 Å². The van der Waals surface area contributed by atoms with Crippen molar-refractivity contribution < 1.29 is 0 Å². The van der Waals surface area contributed by atoms with Crippen LogP contribution >= 0.6 is 0 Å². The van der Waals surface area contributed by atoms with Crippen molar-refractivity contribution in [2.45, 2.75) is 65.2 Å². The highest BCUT2D eigenvalue weighted by Crippen LogP contribution is 2.24. The second-order valence-corrected chi connectivity index (χ2v) is 4.95. The van der Waals surface area contributed by atoms with Gasteiger partial charge in [0.2, 0.25) is 0 Å². The number of nitrogens with zero attached hydrogens (tertiary/aromatic N) is 2. The third kappa shape index (κ3) is 3.99. The maximum atomic E-state index is 4.41. The van der Waals surface area contributed by atoms with Gasteiger partial charge in [0, 0.05) is 13.2 Å². The van der Waals surface area contributed by atoms with Crippen LogP contribution < -0.4 is 0 Å². The summed E-state index contributed by atoms with van der Waals surface area (Å²) in [6, 6.07) is 0. The zero-order valence-corrected chi connectivity index (χ0v) is 11.3. The molecule has 0 aromatic carbocycles. The van der Waals surface area contributed by atoms with Crippen LogP contribution in [0.2, 0.25) is 0 Å². The summed E-state index contributed by atoms with van der Waals surface area (Å²) < 4.78 is 1.93. The highest BCUT2D eigenvalue weighted by atomic mass is 15.2. The molecule has 0 saturated heterocycles. The summed E-state index contributed by atoms with van der Waals surface area (Å²) in [7, 11) is 2.00. The average Bonchev–Trinajstić information content (AvgIpc) is 2.57. The van der Waals surface area contributed by atoms with Crippen LogP contribution in [0.5, 0.6) is 0 Å². The summed E-state index contributed by atoms with van der Waals surface area (Å²) in [5.41, 5.74) is 2.63. The van der Waals surface area contributed by atoms with Crippen molar-refractivity contribution in [3.63, 3.8) is 0 Å². The van der Waals surface area contributed by atoms with E-state index in [-0.39, 0.29) is 0 Å². The standard InChI is InChI=1S/C14H26N2/c1-5-6-7-8-9-10-12(2)14-11-16(4)15-13(14)3/h11-12H,5-10H2,1-4H3. The van der Waals surface area contributed by atoms with Crippen LogP contribution in [0, 0.1) is 6.92 Å². The summed E-state index contributed by atoms with van der Waals surface area (Å²) in [5.74, 6) is 0.662. The zero-order chi connectivity index (χ0) is 12.0. The second-order valence-electron chi connectivity index (χ2n) is 4.95. The fourth-order valence-electron chi connectivity index (χ4n) is 2.31. The van der Waals surface area contributed by atoms with Gasteiger partial charge in [0.25, 0.3) is 0 Å². The number of unbranched alkanes of at least 4 members (excludes halogenated alkanes) is 4. The topological polar surface area (TPSA) is 17.8 Å². The van der Waals surface area contributed by atoms with Crippen molar-refractivity contribution in [3.05, 3.63) is 17.5 Å². The monoisotopic (exact) mass is 222 g/mol. The molecule has 0 N–H and O–H groups in total. The molecule has 1 rings (SSSR count). The quantitative estimate of drug-likeness (QED) is 0.632. The Hall–Kier alpha value is -0.790. The van der Waals surface area contributed by atoms with Gasteiger partial charge in [0.05, 0.1) is 5.69 Å². The number of aromatic nitrogens is 2. The van der Waals surface area contributed by atoms with Gasteiger partial charge in [-0.25, -0.2) is 0 Å². The SMILES string of the molecule is CCCCCCCC(C)c1cn(C)nc1C. The van der Waals surface area contributed by atoms with Gasteiger partial charge >= 0.3 is 0 Å². The van der Waals surface area contributed by atoms with Crippen molar-refractivity contribution >= 4 is 0 Å². The van der Waals surface area contributed by atoms with E-state index in [1.165, 1.54) is 49.8 Å². The molecule has 0 radical (unpaired) electrons. The fourth-order valence-corrected chi connectivity index (χ4v) is 2.31. The summed E-state index contributed by atoms with van der Waals surface area (Å²) in [5, 5.41) is 4.41. The zero-order valence-electron chi connectivity index (χ0n) is 11.3. The molecule has 0 aliphatic carbocycles. The Labute approximate surface area is 100 Å². The molecule has 92 valence electrons. The van der Waals surface area contributed by atoms with Gasteiger partial charge in [-0.1, -0.05) is 46.0 Å². The molecule has 1 heterocycles. The van der Waals surface area contributed by atoms with E-state index in [0.29, 0.717) is 5.92 Å². The molecule has 2 heteroatoms. The van der Waals surface area contributed by atoms with Gasteiger partial charge in [0.15, 0.2) is 0 Å². The lowest BCUT2D eigenvalue weighted by atomic mass is 9.95. The highest BCUT2D eigenvalue weighted by molar-refractivity contribution is 5.19. The molecule has 16 heavy (non-hydrogen) atoms. The first-order valence-electron chi connectivity index (χ1n) is 6.65. The predicted octanol–water partition coefficient (Wildman–Crippen LogP) is 4.19. The Morgan fingerprint density at radius 1 is 1.25 bits per heavy atom. The first-order valence-corrected chi connectivity index (χ1v) is 6.65. The van der Waals surface area contributed by atoms with Crippen LogP contribution in [0.1, 0.15) is 69.5 Å². The molecule has 2 nitrogen and oxygen atoms in total. The molecule has 0 spiro atoms. The lowest BCUT2D eigenvalue weighted by molar-refractivity contribution is 0.565. The Bertz CT molecular complexity index is 302. The third-order valence-corrected chi connectivity index (χ3v) is 3.32. The molecule has 0 amide bonds. The number of aryl methyl sites for hydroxylation is 2. The minimum Gasteiger partial charge on any atom is -0.275 e. The second kappa shape index (κ2) is 6.72. The molecule has 1 aromatic rings. The van der Waals surface area contributed by atoms with E-state index in [9.17, 15) is 0 Å². The van der Waals surface area contributed by atoms with E-state index in [2.05, 4.69) is 32.1 Å². The Kier molecular flexibility index (Phi) is 5.58. The van der Waals surface area contributed by atoms with Gasteiger partial charge in [-0.05, 0) is 24.8 Å². The molecule has 1 atom stereocenters. The van der Waals surface area contributed by atoms with Crippen molar-refractivity contribution in [2.24, 2.45) is 7.05 Å². The van der Waals surface area contributed by atoms with E-state index in [1.807, 2.05) is 11.7 Å². The van der Waals surface area contributed by atoms with E-state index in [0.717, 1.165) is 0 Å². The minimum atomic E-state index is 0.662. The molecule has 0 aliphatic rings. The van der Waals surface area contributed by atoms with Gasteiger partial charge in [0.1, 0.15) is 0 Å². The van der Waals surface area contributed by atoms with Crippen LogP contribution in [0.15, 0.2) is 6.20 Å². The van der Waals surface area contributed by atoms with Gasteiger partial charge in [-0.15, -0.1) is 0 Å². The summed E-state index contributed by atoms with van der Waals surface area (Å²) in [6.07, 6.45) is 10.3. The van der Waals surface area contributed by atoms with Gasteiger partial charge in [-0.3, -0.25) is 4.68 Å². The first kappa shape index (κ1) is 13.3. The first-order chi connectivity index (χ1) is 7.65. The van der Waals surface area contributed by atoms with Crippen LogP contribution in [0.25, 0.3) is 0 Å². The highest BCUT2D eigenvalue weighted by Gasteiger charge is 2.10. The normalized spacial score (nSPS) is 13.0. The number of hydrogen-bond donors (Lipinski definition) is 0. The lowest BCUT2D eigenvalue weighted by Gasteiger charge is -2.09. The van der Waals surface area contributed by atoms with Crippen molar-refractivity contribution in [1.82, 2.24) is 9.78 Å². The van der Waals surface area contributed by atoms with Crippen LogP contribution in [-0.4, -0.2) is 9.78 Å². The van der Waals surface area contributed by atoms with E-state index < -0.39 is 0 Å².